The minimum Gasteiger partial charge on any atom is -0.376 e. The van der Waals surface area contributed by atoms with Crippen LogP contribution in [0.5, 0.6) is 0 Å². The second kappa shape index (κ2) is 12.5. The first-order chi connectivity index (χ1) is 13.3. The van der Waals surface area contributed by atoms with Gasteiger partial charge in [-0.15, -0.1) is 24.0 Å². The molecule has 0 spiro atoms. The number of guanidine groups is 1. The molecule has 2 saturated heterocycles. The normalized spacial score (nSPS) is 21.9. The van der Waals surface area contributed by atoms with Crippen molar-refractivity contribution in [1.82, 2.24) is 15.5 Å². The standard InChI is InChI=1S/C21H35N5O.HI/c1-3-22-21(24-17-20-10-7-15-27-20)23-16-18(2)25-11-13-26(14-12-25)19-8-5-4-6-9-19;/h4-6,8-9,18,20H,3,7,10-17H2,1-2H3,(H2,22,23,24);1H. The van der Waals surface area contributed by atoms with E-state index in [0.717, 1.165) is 64.8 Å². The van der Waals surface area contributed by atoms with Crippen LogP contribution < -0.4 is 15.5 Å². The van der Waals surface area contributed by atoms with Crippen LogP contribution >= 0.6 is 24.0 Å². The zero-order chi connectivity index (χ0) is 18.9. The van der Waals surface area contributed by atoms with E-state index < -0.39 is 0 Å². The Bertz CT molecular complexity index is 571. The summed E-state index contributed by atoms with van der Waals surface area (Å²) >= 11 is 0. The van der Waals surface area contributed by atoms with Crippen LogP contribution in [-0.2, 0) is 4.74 Å². The van der Waals surface area contributed by atoms with Crippen LogP contribution in [-0.4, -0.2) is 75.4 Å². The van der Waals surface area contributed by atoms with E-state index in [1.165, 1.54) is 12.1 Å². The van der Waals surface area contributed by atoms with Crippen LogP contribution in [0.15, 0.2) is 35.3 Å². The summed E-state index contributed by atoms with van der Waals surface area (Å²) in [5, 5.41) is 6.79. The third kappa shape index (κ3) is 7.08. The quantitative estimate of drug-likeness (QED) is 0.342. The van der Waals surface area contributed by atoms with Gasteiger partial charge in [0.15, 0.2) is 5.96 Å². The largest absolute Gasteiger partial charge is 0.376 e. The number of para-hydroxylation sites is 1. The molecule has 2 heterocycles. The van der Waals surface area contributed by atoms with Crippen LogP contribution in [0.4, 0.5) is 5.69 Å². The maximum absolute atomic E-state index is 5.69. The first-order valence-corrected chi connectivity index (χ1v) is 10.4. The van der Waals surface area contributed by atoms with Crippen molar-refractivity contribution in [3.8, 4) is 0 Å². The van der Waals surface area contributed by atoms with Gasteiger partial charge in [0.1, 0.15) is 0 Å². The molecule has 7 heteroatoms. The monoisotopic (exact) mass is 501 g/mol. The fourth-order valence-corrected chi connectivity index (χ4v) is 3.76. The van der Waals surface area contributed by atoms with Crippen molar-refractivity contribution in [3.63, 3.8) is 0 Å². The molecule has 1 aromatic carbocycles. The fourth-order valence-electron chi connectivity index (χ4n) is 3.76. The van der Waals surface area contributed by atoms with Crippen molar-refractivity contribution in [2.75, 3.05) is 57.3 Å². The molecule has 2 aliphatic rings. The molecule has 28 heavy (non-hydrogen) atoms. The highest BCUT2D eigenvalue weighted by molar-refractivity contribution is 14.0. The number of nitrogens with one attached hydrogen (secondary N) is 2. The van der Waals surface area contributed by atoms with Crippen molar-refractivity contribution in [1.29, 1.82) is 0 Å². The zero-order valence-corrected chi connectivity index (χ0v) is 19.6. The number of piperazine rings is 1. The maximum atomic E-state index is 5.69. The van der Waals surface area contributed by atoms with E-state index in [0.29, 0.717) is 12.1 Å². The van der Waals surface area contributed by atoms with E-state index in [4.69, 9.17) is 9.73 Å². The van der Waals surface area contributed by atoms with Gasteiger partial charge >= 0.3 is 0 Å². The van der Waals surface area contributed by atoms with Gasteiger partial charge in [-0.3, -0.25) is 9.89 Å². The average Bonchev–Trinajstić information content (AvgIpc) is 3.24. The minimum atomic E-state index is 0. The Hall–Kier alpha value is -1.06. The fraction of sp³-hybridized carbons (Fsp3) is 0.667. The highest BCUT2D eigenvalue weighted by Crippen LogP contribution is 2.16. The van der Waals surface area contributed by atoms with Gasteiger partial charge in [-0.25, -0.2) is 0 Å². The summed E-state index contributed by atoms with van der Waals surface area (Å²) in [6.45, 7) is 12.2. The van der Waals surface area contributed by atoms with Crippen molar-refractivity contribution >= 4 is 35.6 Å². The van der Waals surface area contributed by atoms with E-state index >= 15 is 0 Å². The molecule has 2 fully saturated rings. The molecule has 158 valence electrons. The van der Waals surface area contributed by atoms with Crippen LogP contribution in [0.25, 0.3) is 0 Å². The molecule has 0 bridgehead atoms. The van der Waals surface area contributed by atoms with Crippen molar-refractivity contribution in [2.45, 2.75) is 38.8 Å². The maximum Gasteiger partial charge on any atom is 0.191 e. The van der Waals surface area contributed by atoms with E-state index in [9.17, 15) is 0 Å². The molecule has 0 amide bonds. The molecule has 1 aromatic rings. The molecule has 2 atom stereocenters. The van der Waals surface area contributed by atoms with E-state index in [1.54, 1.807) is 0 Å². The Kier molecular flexibility index (Phi) is 10.4. The first kappa shape index (κ1) is 23.2. The van der Waals surface area contributed by atoms with Crippen LogP contribution in [0.1, 0.15) is 26.7 Å². The van der Waals surface area contributed by atoms with Crippen LogP contribution in [0, 0.1) is 0 Å². The summed E-state index contributed by atoms with van der Waals surface area (Å²) in [6.07, 6.45) is 2.65. The molecule has 6 nitrogen and oxygen atoms in total. The number of benzene rings is 1. The SMILES string of the molecule is CCNC(=NCC(C)N1CCN(c2ccccc2)CC1)NCC1CCCO1.I. The third-order valence-corrected chi connectivity index (χ3v) is 5.44. The number of hydrogen-bond acceptors (Lipinski definition) is 4. The Balaban J connectivity index is 0.00000280. The lowest BCUT2D eigenvalue weighted by Crippen LogP contribution is -2.50. The van der Waals surface area contributed by atoms with Gasteiger partial charge in [-0.2, -0.15) is 0 Å². The van der Waals surface area contributed by atoms with Crippen LogP contribution in [0.3, 0.4) is 0 Å². The lowest BCUT2D eigenvalue weighted by Gasteiger charge is -2.38. The number of hydrogen-bond donors (Lipinski definition) is 2. The number of nitrogens with zero attached hydrogens (tertiary/aromatic N) is 3. The van der Waals surface area contributed by atoms with E-state index in [-0.39, 0.29) is 24.0 Å². The molecular formula is C21H36IN5O. The van der Waals surface area contributed by atoms with Gasteiger partial charge in [-0.05, 0) is 38.8 Å². The first-order valence-electron chi connectivity index (χ1n) is 10.4. The van der Waals surface area contributed by atoms with Crippen molar-refractivity contribution in [3.05, 3.63) is 30.3 Å². The summed E-state index contributed by atoms with van der Waals surface area (Å²) < 4.78 is 5.69. The molecule has 3 rings (SSSR count). The molecule has 0 radical (unpaired) electrons. The summed E-state index contributed by atoms with van der Waals surface area (Å²) in [7, 11) is 0. The molecule has 2 unspecified atom stereocenters. The van der Waals surface area contributed by atoms with E-state index in [2.05, 4.69) is 64.6 Å². The van der Waals surface area contributed by atoms with Crippen LogP contribution in [0.2, 0.25) is 0 Å². The summed E-state index contributed by atoms with van der Waals surface area (Å²) in [5.74, 6) is 0.905. The minimum absolute atomic E-state index is 0. The van der Waals surface area contributed by atoms with Gasteiger partial charge in [0.05, 0.1) is 12.6 Å². The average molecular weight is 501 g/mol. The highest BCUT2D eigenvalue weighted by atomic mass is 127. The topological polar surface area (TPSA) is 52.1 Å². The lowest BCUT2D eigenvalue weighted by molar-refractivity contribution is 0.113. The van der Waals surface area contributed by atoms with Gasteiger partial charge in [0.25, 0.3) is 0 Å². The van der Waals surface area contributed by atoms with Gasteiger partial charge in [0.2, 0.25) is 0 Å². The number of rotatable bonds is 7. The molecule has 0 aliphatic carbocycles. The van der Waals surface area contributed by atoms with Crippen molar-refractivity contribution < 1.29 is 4.74 Å². The van der Waals surface area contributed by atoms with Gasteiger partial charge in [-0.1, -0.05) is 18.2 Å². The predicted octanol–water partition coefficient (Wildman–Crippen LogP) is 2.55. The summed E-state index contributed by atoms with van der Waals surface area (Å²) in [4.78, 5) is 9.83. The highest BCUT2D eigenvalue weighted by Gasteiger charge is 2.21. The zero-order valence-electron chi connectivity index (χ0n) is 17.3. The Labute approximate surface area is 187 Å². The molecule has 0 aromatic heterocycles. The second-order valence-corrected chi connectivity index (χ2v) is 7.44. The number of halogens is 1. The molecule has 0 saturated carbocycles. The molecule has 2 aliphatic heterocycles. The molecular weight excluding hydrogens is 465 g/mol. The van der Waals surface area contributed by atoms with Gasteiger partial charge in [0, 0.05) is 57.6 Å². The van der Waals surface area contributed by atoms with Crippen molar-refractivity contribution in [2.24, 2.45) is 4.99 Å². The Morgan fingerprint density at radius 1 is 1.18 bits per heavy atom. The Morgan fingerprint density at radius 3 is 2.57 bits per heavy atom. The summed E-state index contributed by atoms with van der Waals surface area (Å²) in [5.41, 5.74) is 1.33. The predicted molar refractivity (Wildman–Crippen MR) is 128 cm³/mol. The van der Waals surface area contributed by atoms with Gasteiger partial charge < -0.3 is 20.3 Å². The summed E-state index contributed by atoms with van der Waals surface area (Å²) in [6, 6.07) is 11.2. The lowest BCUT2D eigenvalue weighted by atomic mass is 10.2. The number of aliphatic imine (C=N–C) groups is 1. The third-order valence-electron chi connectivity index (χ3n) is 5.44. The second-order valence-electron chi connectivity index (χ2n) is 7.44. The Morgan fingerprint density at radius 2 is 1.93 bits per heavy atom. The number of anilines is 1. The molecule has 2 N–H and O–H groups in total. The smallest absolute Gasteiger partial charge is 0.191 e. The number of ether oxygens (including phenoxy) is 1. The van der Waals surface area contributed by atoms with E-state index in [1.807, 2.05) is 0 Å².